The highest BCUT2D eigenvalue weighted by atomic mass is 16.3. The van der Waals surface area contributed by atoms with Gasteiger partial charge in [0.15, 0.2) is 11.3 Å². The summed E-state index contributed by atoms with van der Waals surface area (Å²) in [6.07, 6.45) is 3.12. The second-order valence-corrected chi connectivity index (χ2v) is 3.24. The van der Waals surface area contributed by atoms with Crippen molar-refractivity contribution < 1.29 is 14.6 Å². The number of hydrogen-bond acceptors (Lipinski definition) is 3. The van der Waals surface area contributed by atoms with Crippen molar-refractivity contribution in [3.63, 3.8) is 0 Å². The number of aliphatic hydroxyl groups is 1. The van der Waals surface area contributed by atoms with Gasteiger partial charge in [0.05, 0.1) is 6.26 Å². The van der Waals surface area contributed by atoms with Gasteiger partial charge in [-0.05, 0) is 24.5 Å². The first-order valence-corrected chi connectivity index (χ1v) is 4.62. The van der Waals surface area contributed by atoms with Gasteiger partial charge in [0.1, 0.15) is 0 Å². The van der Waals surface area contributed by atoms with E-state index in [0.29, 0.717) is 12.0 Å². The van der Waals surface area contributed by atoms with E-state index in [9.17, 15) is 5.11 Å². The molecule has 0 bridgehead atoms. The van der Waals surface area contributed by atoms with Crippen LogP contribution in [0.4, 0.5) is 0 Å². The minimum absolute atomic E-state index is 0.165. The zero-order valence-corrected chi connectivity index (χ0v) is 7.73. The maximum absolute atomic E-state index is 9.47. The van der Waals surface area contributed by atoms with Gasteiger partial charge < -0.3 is 14.6 Å². The Hall–Kier alpha value is -1.48. The third-order valence-electron chi connectivity index (χ3n) is 2.26. The molecule has 0 fully saturated rings. The number of benzene rings is 1. The summed E-state index contributed by atoms with van der Waals surface area (Å²) < 4.78 is 5.25. The summed E-state index contributed by atoms with van der Waals surface area (Å²) in [7, 11) is 0. The number of rotatable bonds is 3. The first-order chi connectivity index (χ1) is 6.83. The highest BCUT2D eigenvalue weighted by molar-refractivity contribution is 5.85. The van der Waals surface area contributed by atoms with E-state index in [1.807, 2.05) is 6.07 Å². The molecule has 3 heteroatoms. The molecule has 14 heavy (non-hydrogen) atoms. The van der Waals surface area contributed by atoms with E-state index < -0.39 is 0 Å². The van der Waals surface area contributed by atoms with Crippen LogP contribution < -0.4 is 0 Å². The highest BCUT2D eigenvalue weighted by Gasteiger charge is 2.07. The summed E-state index contributed by atoms with van der Waals surface area (Å²) in [5, 5.41) is 19.1. The van der Waals surface area contributed by atoms with E-state index in [1.165, 1.54) is 0 Å². The van der Waals surface area contributed by atoms with Gasteiger partial charge in [-0.2, -0.15) is 0 Å². The third kappa shape index (κ3) is 1.46. The molecule has 0 unspecified atom stereocenters. The maximum atomic E-state index is 9.47. The number of hydrogen-bond donors (Lipinski definition) is 2. The van der Waals surface area contributed by atoms with E-state index in [1.54, 1.807) is 18.4 Å². The Morgan fingerprint density at radius 2 is 2.14 bits per heavy atom. The number of phenols is 1. The van der Waals surface area contributed by atoms with E-state index in [-0.39, 0.29) is 12.4 Å². The molecule has 3 nitrogen and oxygen atoms in total. The molecule has 74 valence electrons. The fourth-order valence-corrected chi connectivity index (χ4v) is 1.56. The van der Waals surface area contributed by atoms with Gasteiger partial charge in [-0.15, -0.1) is 0 Å². The van der Waals surface area contributed by atoms with Gasteiger partial charge in [-0.1, -0.05) is 12.1 Å². The second-order valence-electron chi connectivity index (χ2n) is 3.24. The average Bonchev–Trinajstić information content (AvgIpc) is 2.60. The second kappa shape index (κ2) is 3.72. The monoisotopic (exact) mass is 192 g/mol. The number of phenolic OH excluding ortho intramolecular Hbond substituents is 1. The van der Waals surface area contributed by atoms with Crippen molar-refractivity contribution in [2.24, 2.45) is 0 Å². The van der Waals surface area contributed by atoms with Crippen LogP contribution in [-0.4, -0.2) is 16.8 Å². The quantitative estimate of drug-likeness (QED) is 0.782. The van der Waals surface area contributed by atoms with Crippen LogP contribution in [0, 0.1) is 0 Å². The third-order valence-corrected chi connectivity index (χ3v) is 2.26. The maximum Gasteiger partial charge on any atom is 0.175 e. The van der Waals surface area contributed by atoms with E-state index in [4.69, 9.17) is 9.52 Å². The number of fused-ring (bicyclic) bond motifs is 1. The molecule has 1 aromatic carbocycles. The van der Waals surface area contributed by atoms with Crippen LogP contribution in [0.2, 0.25) is 0 Å². The lowest BCUT2D eigenvalue weighted by atomic mass is 10.1. The van der Waals surface area contributed by atoms with Crippen molar-refractivity contribution in [2.75, 3.05) is 6.61 Å². The van der Waals surface area contributed by atoms with Crippen LogP contribution in [-0.2, 0) is 6.42 Å². The molecule has 0 saturated heterocycles. The molecular formula is C11H12O3. The summed E-state index contributed by atoms with van der Waals surface area (Å²) in [5.74, 6) is 0.165. The molecule has 2 N–H and O–H groups in total. The van der Waals surface area contributed by atoms with Crippen LogP contribution in [0.5, 0.6) is 5.75 Å². The zero-order chi connectivity index (χ0) is 9.97. The summed E-state index contributed by atoms with van der Waals surface area (Å²) >= 11 is 0. The van der Waals surface area contributed by atoms with Crippen molar-refractivity contribution in [1.82, 2.24) is 0 Å². The summed E-state index contributed by atoms with van der Waals surface area (Å²) in [5.41, 5.74) is 1.56. The van der Waals surface area contributed by atoms with Crippen LogP contribution in [0.3, 0.4) is 0 Å². The van der Waals surface area contributed by atoms with E-state index >= 15 is 0 Å². The van der Waals surface area contributed by atoms with Crippen LogP contribution >= 0.6 is 0 Å². The number of aliphatic hydroxyl groups excluding tert-OH is 1. The van der Waals surface area contributed by atoms with Crippen LogP contribution in [0.15, 0.2) is 28.9 Å². The normalized spacial score (nSPS) is 10.9. The van der Waals surface area contributed by atoms with Gasteiger partial charge in [-0.25, -0.2) is 0 Å². The standard InChI is InChI=1S/C11H12O3/c12-6-2-3-8-7-14-11-9(8)4-1-5-10(11)13/h1,4-5,7,12-13H,2-3,6H2. The molecule has 1 heterocycles. The Labute approximate surface area is 81.6 Å². The lowest BCUT2D eigenvalue weighted by Gasteiger charge is -1.95. The smallest absolute Gasteiger partial charge is 0.175 e. The molecule has 0 saturated carbocycles. The first-order valence-electron chi connectivity index (χ1n) is 4.62. The van der Waals surface area contributed by atoms with Gasteiger partial charge in [0, 0.05) is 12.0 Å². The van der Waals surface area contributed by atoms with Gasteiger partial charge in [-0.3, -0.25) is 0 Å². The van der Waals surface area contributed by atoms with Crippen molar-refractivity contribution >= 4 is 11.0 Å². The molecule has 0 aliphatic rings. The minimum atomic E-state index is 0.165. The molecule has 0 radical (unpaired) electrons. The van der Waals surface area contributed by atoms with Crippen molar-refractivity contribution in [1.29, 1.82) is 0 Å². The largest absolute Gasteiger partial charge is 0.504 e. The van der Waals surface area contributed by atoms with E-state index in [2.05, 4.69) is 0 Å². The Kier molecular flexibility index (Phi) is 2.41. The average molecular weight is 192 g/mol. The predicted octanol–water partition coefficient (Wildman–Crippen LogP) is 2.06. The first kappa shape index (κ1) is 9.09. The molecule has 2 aromatic rings. The van der Waals surface area contributed by atoms with E-state index in [0.717, 1.165) is 17.4 Å². The van der Waals surface area contributed by atoms with Crippen molar-refractivity contribution in [2.45, 2.75) is 12.8 Å². The molecule has 0 amide bonds. The summed E-state index contributed by atoms with van der Waals surface area (Å²) in [4.78, 5) is 0. The predicted molar refractivity (Wildman–Crippen MR) is 53.3 cm³/mol. The SMILES string of the molecule is OCCCc1coc2c(O)cccc12. The van der Waals surface area contributed by atoms with Crippen LogP contribution in [0.1, 0.15) is 12.0 Å². The van der Waals surface area contributed by atoms with Gasteiger partial charge in [0.2, 0.25) is 0 Å². The molecule has 0 aliphatic carbocycles. The number of para-hydroxylation sites is 1. The van der Waals surface area contributed by atoms with Gasteiger partial charge >= 0.3 is 0 Å². The number of aryl methyl sites for hydroxylation is 1. The molecule has 1 aromatic heterocycles. The van der Waals surface area contributed by atoms with Crippen molar-refractivity contribution in [3.05, 3.63) is 30.0 Å². The summed E-state index contributed by atoms with van der Waals surface area (Å²) in [6, 6.07) is 5.29. The number of aromatic hydroxyl groups is 1. The summed E-state index contributed by atoms with van der Waals surface area (Å²) in [6.45, 7) is 0.172. The van der Waals surface area contributed by atoms with Gasteiger partial charge in [0.25, 0.3) is 0 Å². The zero-order valence-electron chi connectivity index (χ0n) is 7.73. The van der Waals surface area contributed by atoms with Crippen molar-refractivity contribution in [3.8, 4) is 5.75 Å². The van der Waals surface area contributed by atoms with Crippen LogP contribution in [0.25, 0.3) is 11.0 Å². The Morgan fingerprint density at radius 3 is 2.93 bits per heavy atom. The fraction of sp³-hybridized carbons (Fsp3) is 0.273. The Morgan fingerprint density at radius 1 is 1.29 bits per heavy atom. The molecule has 2 rings (SSSR count). The topological polar surface area (TPSA) is 53.6 Å². The highest BCUT2D eigenvalue weighted by Crippen LogP contribution is 2.29. The Balaban J connectivity index is 2.42. The fourth-order valence-electron chi connectivity index (χ4n) is 1.56. The Bertz CT molecular complexity index is 431. The number of furan rings is 1. The molecule has 0 atom stereocenters. The molecular weight excluding hydrogens is 180 g/mol. The minimum Gasteiger partial charge on any atom is -0.504 e. The lowest BCUT2D eigenvalue weighted by Crippen LogP contribution is -1.87. The lowest BCUT2D eigenvalue weighted by molar-refractivity contribution is 0.288. The molecule has 0 aliphatic heterocycles. The molecule has 0 spiro atoms.